The highest BCUT2D eigenvalue weighted by atomic mass is 35.5. The van der Waals surface area contributed by atoms with E-state index in [4.69, 9.17) is 11.6 Å². The minimum Gasteiger partial charge on any atom is -0.351 e. The molecule has 0 bridgehead atoms. The summed E-state index contributed by atoms with van der Waals surface area (Å²) in [5, 5.41) is 1.53. The van der Waals surface area contributed by atoms with Crippen LogP contribution in [-0.2, 0) is 0 Å². The summed E-state index contributed by atoms with van der Waals surface area (Å²) in [5.41, 5.74) is 3.33. The van der Waals surface area contributed by atoms with Crippen LogP contribution in [0.4, 0.5) is 4.39 Å². The lowest BCUT2D eigenvalue weighted by molar-refractivity contribution is 0.628. The van der Waals surface area contributed by atoms with Gasteiger partial charge in [-0.3, -0.25) is 14.3 Å². The second kappa shape index (κ2) is 6.28. The quantitative estimate of drug-likeness (QED) is 0.443. The summed E-state index contributed by atoms with van der Waals surface area (Å²) in [5.74, 6) is -0.536. The fraction of sp³-hybridized carbons (Fsp3) is 0. The summed E-state index contributed by atoms with van der Waals surface area (Å²) >= 11 is 5.96. The van der Waals surface area contributed by atoms with E-state index >= 15 is 0 Å². The first-order valence-corrected chi connectivity index (χ1v) is 8.89. The van der Waals surface area contributed by atoms with E-state index < -0.39 is 5.82 Å². The molecule has 2 aromatic carbocycles. The number of aromatic nitrogens is 4. The summed E-state index contributed by atoms with van der Waals surface area (Å²) in [4.78, 5) is 24.5. The average molecular weight is 391 g/mol. The molecule has 0 amide bonds. The Morgan fingerprint density at radius 2 is 1.93 bits per heavy atom. The van der Waals surface area contributed by atoms with Crippen molar-refractivity contribution in [3.05, 3.63) is 88.4 Å². The average Bonchev–Trinajstić information content (AvgIpc) is 3.24. The lowest BCUT2D eigenvalue weighted by Crippen LogP contribution is -2.17. The zero-order valence-electron chi connectivity index (χ0n) is 14.4. The fourth-order valence-corrected chi connectivity index (χ4v) is 3.54. The first-order valence-electron chi connectivity index (χ1n) is 8.51. The van der Waals surface area contributed by atoms with Gasteiger partial charge in [-0.25, -0.2) is 9.37 Å². The van der Waals surface area contributed by atoms with E-state index in [1.165, 1.54) is 28.8 Å². The maximum atomic E-state index is 13.7. The number of nitrogens with zero attached hydrogens (tertiary/aromatic N) is 3. The van der Waals surface area contributed by atoms with Crippen molar-refractivity contribution in [2.45, 2.75) is 0 Å². The van der Waals surface area contributed by atoms with Gasteiger partial charge >= 0.3 is 0 Å². The van der Waals surface area contributed by atoms with Crippen LogP contribution in [0.3, 0.4) is 0 Å². The molecule has 7 heteroatoms. The Labute approximate surface area is 163 Å². The number of benzene rings is 2. The van der Waals surface area contributed by atoms with Crippen molar-refractivity contribution >= 4 is 33.4 Å². The van der Waals surface area contributed by atoms with Crippen LogP contribution in [0.15, 0.2) is 72.0 Å². The van der Waals surface area contributed by atoms with Crippen molar-refractivity contribution in [1.29, 1.82) is 0 Å². The Balaban J connectivity index is 1.91. The van der Waals surface area contributed by atoms with E-state index in [-0.39, 0.29) is 10.6 Å². The summed E-state index contributed by atoms with van der Waals surface area (Å²) in [7, 11) is 0. The maximum Gasteiger partial charge on any atom is 0.255 e. The monoisotopic (exact) mass is 390 g/mol. The Hall–Kier alpha value is -3.51. The molecule has 0 aliphatic rings. The van der Waals surface area contributed by atoms with Crippen LogP contribution >= 0.6 is 11.6 Å². The number of nitrogens with one attached hydrogen (secondary N) is 1. The number of halogens is 2. The minimum absolute atomic E-state index is 0.0445. The van der Waals surface area contributed by atoms with Gasteiger partial charge in [0, 0.05) is 34.8 Å². The van der Waals surface area contributed by atoms with Gasteiger partial charge in [0.15, 0.2) is 0 Å². The molecule has 5 aromatic rings. The molecule has 0 saturated heterocycles. The predicted molar refractivity (Wildman–Crippen MR) is 107 cm³/mol. The van der Waals surface area contributed by atoms with Crippen LogP contribution in [0.25, 0.3) is 38.8 Å². The normalized spacial score (nSPS) is 11.4. The number of fused-ring (bicyclic) bond motifs is 3. The van der Waals surface area contributed by atoms with E-state index in [0.717, 1.165) is 27.5 Å². The van der Waals surface area contributed by atoms with Gasteiger partial charge in [-0.1, -0.05) is 17.7 Å². The van der Waals surface area contributed by atoms with Gasteiger partial charge in [0.1, 0.15) is 5.82 Å². The van der Waals surface area contributed by atoms with E-state index in [9.17, 15) is 9.18 Å². The molecule has 136 valence electrons. The highest BCUT2D eigenvalue weighted by molar-refractivity contribution is 6.30. The third-order valence-corrected chi connectivity index (χ3v) is 4.96. The summed E-state index contributed by atoms with van der Waals surface area (Å²) in [6.45, 7) is 0. The molecule has 0 aliphatic heterocycles. The van der Waals surface area contributed by atoms with Crippen LogP contribution in [0.2, 0.25) is 5.02 Å². The topological polar surface area (TPSA) is 63.6 Å². The SMILES string of the molecule is O=c1ccc2cnc3ccc(-c4c[nH]cn4)cc3c2n1-c1ccc(F)c(Cl)c1. The van der Waals surface area contributed by atoms with Crippen LogP contribution in [0.1, 0.15) is 0 Å². The number of aromatic amines is 1. The summed E-state index contributed by atoms with van der Waals surface area (Å²) in [6, 6.07) is 13.2. The van der Waals surface area contributed by atoms with Crippen LogP contribution in [0.5, 0.6) is 0 Å². The number of hydrogen-bond donors (Lipinski definition) is 1. The lowest BCUT2D eigenvalue weighted by atomic mass is 10.1. The molecule has 0 atom stereocenters. The summed E-state index contributed by atoms with van der Waals surface area (Å²) in [6.07, 6.45) is 5.12. The molecule has 3 aromatic heterocycles. The number of H-pyrrole nitrogens is 1. The molecule has 0 saturated carbocycles. The van der Waals surface area contributed by atoms with E-state index in [1.807, 2.05) is 18.2 Å². The molecule has 28 heavy (non-hydrogen) atoms. The standard InChI is InChI=1S/C21H12ClFN4O/c22-16-8-14(3-4-17(16)23)27-20(28)6-2-13-9-25-18-5-1-12(7-15(18)21(13)27)19-10-24-11-26-19/h1-11H,(H,24,26). The van der Waals surface area contributed by atoms with Crippen LogP contribution in [0, 0.1) is 5.82 Å². The van der Waals surface area contributed by atoms with Crippen molar-refractivity contribution in [3.63, 3.8) is 0 Å². The molecule has 5 nitrogen and oxygen atoms in total. The van der Waals surface area contributed by atoms with Gasteiger partial charge < -0.3 is 4.98 Å². The Kier molecular flexibility index (Phi) is 3.74. The first-order chi connectivity index (χ1) is 13.6. The largest absolute Gasteiger partial charge is 0.351 e. The molecule has 0 aliphatic carbocycles. The molecular formula is C21H12ClFN4O. The first kappa shape index (κ1) is 16.6. The van der Waals surface area contributed by atoms with Gasteiger partial charge in [0.2, 0.25) is 0 Å². The second-order valence-electron chi connectivity index (χ2n) is 6.35. The van der Waals surface area contributed by atoms with E-state index in [1.54, 1.807) is 24.8 Å². The Bertz CT molecular complexity index is 1410. The molecule has 0 unspecified atom stereocenters. The number of rotatable bonds is 2. The third-order valence-electron chi connectivity index (χ3n) is 4.67. The lowest BCUT2D eigenvalue weighted by Gasteiger charge is -2.13. The zero-order valence-corrected chi connectivity index (χ0v) is 15.1. The summed E-state index contributed by atoms with van der Waals surface area (Å²) < 4.78 is 15.2. The van der Waals surface area contributed by atoms with Crippen LogP contribution < -0.4 is 5.56 Å². The van der Waals surface area contributed by atoms with Crippen molar-refractivity contribution < 1.29 is 4.39 Å². The third kappa shape index (κ3) is 2.58. The molecule has 0 fully saturated rings. The molecule has 5 rings (SSSR count). The molecule has 1 N–H and O–H groups in total. The smallest absolute Gasteiger partial charge is 0.255 e. The zero-order chi connectivity index (χ0) is 19.3. The highest BCUT2D eigenvalue weighted by Gasteiger charge is 2.13. The Morgan fingerprint density at radius 3 is 2.71 bits per heavy atom. The van der Waals surface area contributed by atoms with Crippen molar-refractivity contribution in [1.82, 2.24) is 19.5 Å². The number of pyridine rings is 2. The van der Waals surface area contributed by atoms with Gasteiger partial charge in [-0.2, -0.15) is 0 Å². The number of imidazole rings is 1. The molecule has 0 radical (unpaired) electrons. The van der Waals surface area contributed by atoms with Crippen molar-refractivity contribution in [3.8, 4) is 16.9 Å². The highest BCUT2D eigenvalue weighted by Crippen LogP contribution is 2.29. The van der Waals surface area contributed by atoms with Crippen molar-refractivity contribution in [2.24, 2.45) is 0 Å². The van der Waals surface area contributed by atoms with Gasteiger partial charge in [0.25, 0.3) is 5.56 Å². The van der Waals surface area contributed by atoms with E-state index in [0.29, 0.717) is 11.2 Å². The second-order valence-corrected chi connectivity index (χ2v) is 6.76. The van der Waals surface area contributed by atoms with Gasteiger partial charge in [0.05, 0.1) is 33.8 Å². The molecule has 0 spiro atoms. The van der Waals surface area contributed by atoms with Crippen LogP contribution in [-0.4, -0.2) is 19.5 Å². The molecular weight excluding hydrogens is 379 g/mol. The van der Waals surface area contributed by atoms with Crippen molar-refractivity contribution in [2.75, 3.05) is 0 Å². The fourth-order valence-electron chi connectivity index (χ4n) is 3.37. The number of hydrogen-bond acceptors (Lipinski definition) is 3. The van der Waals surface area contributed by atoms with Gasteiger partial charge in [-0.05, 0) is 36.4 Å². The predicted octanol–water partition coefficient (Wildman–Crippen LogP) is 4.72. The van der Waals surface area contributed by atoms with E-state index in [2.05, 4.69) is 15.0 Å². The minimum atomic E-state index is -0.536. The maximum absolute atomic E-state index is 13.7. The van der Waals surface area contributed by atoms with Gasteiger partial charge in [-0.15, -0.1) is 0 Å². The molecule has 3 heterocycles. The Morgan fingerprint density at radius 1 is 1.04 bits per heavy atom.